The van der Waals surface area contributed by atoms with E-state index in [1.165, 1.54) is 38.8 Å². The Morgan fingerprint density at radius 3 is 2.90 bits per heavy atom. The normalized spacial score (nSPS) is 28.7. The molecule has 3 unspecified atom stereocenters. The molecule has 164 valence electrons. The van der Waals surface area contributed by atoms with Crippen LogP contribution in [0.5, 0.6) is 5.75 Å². The van der Waals surface area contributed by atoms with Crippen LogP contribution in [0.25, 0.3) is 10.9 Å². The first-order valence-corrected chi connectivity index (χ1v) is 11.2. The van der Waals surface area contributed by atoms with Gasteiger partial charge >= 0.3 is 0 Å². The van der Waals surface area contributed by atoms with Gasteiger partial charge in [0.25, 0.3) is 0 Å². The van der Waals surface area contributed by atoms with Crippen molar-refractivity contribution in [3.8, 4) is 5.75 Å². The zero-order chi connectivity index (χ0) is 20.4. The third-order valence-electron chi connectivity index (χ3n) is 7.55. The molecule has 0 spiro atoms. The number of benzene rings is 1. The smallest absolute Gasteiger partial charge is 0.131 e. The Morgan fingerprint density at radius 1 is 1.33 bits per heavy atom. The second-order valence-corrected chi connectivity index (χ2v) is 9.03. The standard InChI is InChI=1S/C25H35N2O2.ClH/c1-4-6-7-13-27-14-11-19(18(5-2)17-27)15-24(27)25(28)21-10-12-26-23-9-8-20(29-3)16-22(21)23;/h5,8-10,12,16,18-19,24-25,28H,2,4,6-7,11,13-15,17H2,1,3H3;1H/q+1;/p-1/t18?,19?,24-,25-,27?;/m0./s1. The number of rotatable bonds is 8. The zero-order valence-corrected chi connectivity index (χ0v) is 19.0. The molecule has 30 heavy (non-hydrogen) atoms. The number of aliphatic hydroxyl groups is 1. The summed E-state index contributed by atoms with van der Waals surface area (Å²) in [7, 11) is 1.68. The monoisotopic (exact) mass is 430 g/mol. The van der Waals surface area contributed by atoms with Crippen molar-refractivity contribution >= 4 is 10.9 Å². The summed E-state index contributed by atoms with van der Waals surface area (Å²) in [6.45, 7) is 9.87. The van der Waals surface area contributed by atoms with Crippen molar-refractivity contribution in [3.05, 3.63) is 48.7 Å². The summed E-state index contributed by atoms with van der Waals surface area (Å²) >= 11 is 0. The molecular formula is C25H35ClN2O2. The number of aromatic nitrogens is 1. The first-order valence-electron chi connectivity index (χ1n) is 11.2. The van der Waals surface area contributed by atoms with E-state index in [4.69, 9.17) is 4.74 Å². The van der Waals surface area contributed by atoms with Crippen molar-refractivity contribution in [2.75, 3.05) is 26.7 Å². The van der Waals surface area contributed by atoms with Crippen molar-refractivity contribution < 1.29 is 26.7 Å². The Balaban J connectivity index is 0.00000256. The molecular weight excluding hydrogens is 396 g/mol. The highest BCUT2D eigenvalue weighted by atomic mass is 35.5. The molecule has 0 aliphatic carbocycles. The number of pyridine rings is 1. The zero-order valence-electron chi connectivity index (χ0n) is 18.3. The molecule has 1 aromatic carbocycles. The third-order valence-corrected chi connectivity index (χ3v) is 7.55. The lowest BCUT2D eigenvalue weighted by molar-refractivity contribution is -0.973. The molecule has 5 atom stereocenters. The number of fused-ring (bicyclic) bond motifs is 4. The van der Waals surface area contributed by atoms with Crippen LogP contribution in [0, 0.1) is 11.8 Å². The van der Waals surface area contributed by atoms with E-state index in [0.717, 1.165) is 39.7 Å². The molecule has 3 aliphatic rings. The molecule has 3 aliphatic heterocycles. The molecule has 0 amide bonds. The molecule has 1 aromatic heterocycles. The molecule has 3 saturated heterocycles. The minimum Gasteiger partial charge on any atom is -1.00 e. The van der Waals surface area contributed by atoms with E-state index >= 15 is 0 Å². The van der Waals surface area contributed by atoms with Gasteiger partial charge in [-0.05, 0) is 48.6 Å². The van der Waals surface area contributed by atoms with Crippen LogP contribution in [0.2, 0.25) is 0 Å². The summed E-state index contributed by atoms with van der Waals surface area (Å²) in [5.41, 5.74) is 1.91. The van der Waals surface area contributed by atoms with Gasteiger partial charge in [-0.25, -0.2) is 0 Å². The quantitative estimate of drug-likeness (QED) is 0.395. The van der Waals surface area contributed by atoms with E-state index in [1.807, 2.05) is 30.5 Å². The highest BCUT2D eigenvalue weighted by molar-refractivity contribution is 5.83. The molecule has 5 rings (SSSR count). The summed E-state index contributed by atoms with van der Waals surface area (Å²) < 4.78 is 6.49. The SMILES string of the molecule is C=CC1C[N+]2(CCCCC)CCC1C[C@H]2[C@@H](O)c1ccnc2ccc(OC)cc12.[Cl-]. The van der Waals surface area contributed by atoms with Crippen LogP contribution in [0.15, 0.2) is 43.1 Å². The van der Waals surface area contributed by atoms with Crippen molar-refractivity contribution in [3.63, 3.8) is 0 Å². The Kier molecular flexibility index (Phi) is 7.43. The highest BCUT2D eigenvalue weighted by Crippen LogP contribution is 2.47. The summed E-state index contributed by atoms with van der Waals surface area (Å²) in [5, 5.41) is 12.7. The van der Waals surface area contributed by atoms with Gasteiger partial charge in [-0.2, -0.15) is 0 Å². The van der Waals surface area contributed by atoms with Crippen LogP contribution in [0.1, 0.15) is 50.7 Å². The second kappa shape index (κ2) is 9.67. The summed E-state index contributed by atoms with van der Waals surface area (Å²) in [6.07, 6.45) is 9.59. The lowest BCUT2D eigenvalue weighted by Gasteiger charge is -2.58. The number of quaternary nitrogens is 1. The Morgan fingerprint density at radius 2 is 2.17 bits per heavy atom. The van der Waals surface area contributed by atoms with E-state index in [0.29, 0.717) is 11.8 Å². The van der Waals surface area contributed by atoms with E-state index in [2.05, 4.69) is 24.6 Å². The summed E-state index contributed by atoms with van der Waals surface area (Å²) in [4.78, 5) is 4.51. The van der Waals surface area contributed by atoms with Gasteiger partial charge in [-0.1, -0.05) is 19.4 Å². The molecule has 1 N–H and O–H groups in total. The fraction of sp³-hybridized carbons (Fsp3) is 0.560. The van der Waals surface area contributed by atoms with Gasteiger partial charge in [0.1, 0.15) is 17.9 Å². The number of hydrogen-bond acceptors (Lipinski definition) is 3. The molecule has 2 bridgehead atoms. The number of methoxy groups -OCH3 is 1. The predicted octanol–water partition coefficient (Wildman–Crippen LogP) is 1.88. The van der Waals surface area contributed by atoms with Crippen LogP contribution in [-0.2, 0) is 0 Å². The van der Waals surface area contributed by atoms with Crippen LogP contribution in [0.3, 0.4) is 0 Å². The maximum Gasteiger partial charge on any atom is 0.131 e. The molecule has 3 fully saturated rings. The molecule has 0 radical (unpaired) electrons. The minimum atomic E-state index is -0.484. The van der Waals surface area contributed by atoms with E-state index in [1.54, 1.807) is 7.11 Å². The number of ether oxygens (including phenoxy) is 1. The van der Waals surface area contributed by atoms with Gasteiger partial charge in [-0.15, -0.1) is 6.58 Å². The number of piperidine rings is 3. The highest BCUT2D eigenvalue weighted by Gasteiger charge is 2.53. The summed E-state index contributed by atoms with van der Waals surface area (Å²) in [6, 6.07) is 8.19. The topological polar surface area (TPSA) is 42.4 Å². The Bertz CT molecular complexity index is 873. The van der Waals surface area contributed by atoms with E-state index in [9.17, 15) is 5.11 Å². The maximum absolute atomic E-state index is 11.7. The maximum atomic E-state index is 11.7. The van der Waals surface area contributed by atoms with Gasteiger partial charge in [0, 0.05) is 30.3 Å². The fourth-order valence-corrected chi connectivity index (χ4v) is 5.90. The van der Waals surface area contributed by atoms with Crippen LogP contribution < -0.4 is 17.1 Å². The molecule has 4 heterocycles. The van der Waals surface area contributed by atoms with Crippen LogP contribution in [0.4, 0.5) is 0 Å². The lowest BCUT2D eigenvalue weighted by atomic mass is 9.71. The van der Waals surface area contributed by atoms with E-state index < -0.39 is 6.10 Å². The van der Waals surface area contributed by atoms with Gasteiger partial charge in [0.05, 0.1) is 32.3 Å². The number of unbranched alkanes of at least 4 members (excludes halogenated alkanes) is 2. The molecule has 5 heteroatoms. The average molecular weight is 431 g/mol. The third kappa shape index (κ3) is 4.10. The Labute approximate surface area is 187 Å². The number of aliphatic hydroxyl groups excluding tert-OH is 1. The van der Waals surface area contributed by atoms with Crippen molar-refractivity contribution in [1.29, 1.82) is 0 Å². The van der Waals surface area contributed by atoms with Crippen molar-refractivity contribution in [2.24, 2.45) is 11.8 Å². The minimum absolute atomic E-state index is 0. The fourth-order valence-electron chi connectivity index (χ4n) is 5.90. The first-order chi connectivity index (χ1) is 14.1. The van der Waals surface area contributed by atoms with Crippen molar-refractivity contribution in [2.45, 2.75) is 51.2 Å². The van der Waals surface area contributed by atoms with Gasteiger partial charge in [-0.3, -0.25) is 4.98 Å². The molecule has 2 aromatic rings. The number of halogens is 1. The summed E-state index contributed by atoms with van der Waals surface area (Å²) in [5.74, 6) is 2.05. The number of nitrogens with zero attached hydrogens (tertiary/aromatic N) is 2. The Hall–Kier alpha value is -1.62. The largest absolute Gasteiger partial charge is 1.00 e. The van der Waals surface area contributed by atoms with Gasteiger partial charge < -0.3 is 26.7 Å². The van der Waals surface area contributed by atoms with Crippen LogP contribution in [-0.4, -0.2) is 47.4 Å². The van der Waals surface area contributed by atoms with Crippen molar-refractivity contribution in [1.82, 2.24) is 4.98 Å². The number of hydrogen-bond donors (Lipinski definition) is 1. The first kappa shape index (κ1) is 23.1. The van der Waals surface area contributed by atoms with E-state index in [-0.39, 0.29) is 18.4 Å². The molecule has 0 saturated carbocycles. The second-order valence-electron chi connectivity index (χ2n) is 9.03. The average Bonchev–Trinajstić information content (AvgIpc) is 2.78. The van der Waals surface area contributed by atoms with Gasteiger partial charge in [0.2, 0.25) is 0 Å². The van der Waals surface area contributed by atoms with Crippen LogP contribution >= 0.6 is 0 Å². The predicted molar refractivity (Wildman–Crippen MR) is 118 cm³/mol. The molecule has 4 nitrogen and oxygen atoms in total. The van der Waals surface area contributed by atoms with Gasteiger partial charge in [0.15, 0.2) is 0 Å². The lowest BCUT2D eigenvalue weighted by Crippen LogP contribution is -3.00.